The van der Waals surface area contributed by atoms with Crippen molar-refractivity contribution < 1.29 is 14.6 Å². The van der Waals surface area contributed by atoms with E-state index in [1.807, 2.05) is 13.0 Å². The molecule has 0 amide bonds. The zero-order chi connectivity index (χ0) is 12.7. The molecule has 0 aliphatic rings. The summed E-state index contributed by atoms with van der Waals surface area (Å²) in [5, 5.41) is 8.92. The van der Waals surface area contributed by atoms with E-state index in [2.05, 4.69) is 22.6 Å². The highest BCUT2D eigenvalue weighted by atomic mass is 127. The first-order valence-electron chi connectivity index (χ1n) is 5.74. The van der Waals surface area contributed by atoms with Gasteiger partial charge in [0.2, 0.25) is 0 Å². The molecular weight excluding hydrogens is 331 g/mol. The number of hydrogen-bond donors (Lipinski definition) is 1. The van der Waals surface area contributed by atoms with Crippen molar-refractivity contribution in [2.45, 2.75) is 26.2 Å². The van der Waals surface area contributed by atoms with Gasteiger partial charge < -0.3 is 9.84 Å². The second-order valence-electron chi connectivity index (χ2n) is 3.77. The number of carbonyl (C=O) groups is 1. The molecule has 1 aromatic rings. The van der Waals surface area contributed by atoms with Crippen LogP contribution in [0.1, 0.15) is 35.7 Å². The fraction of sp³-hybridized carbons (Fsp3) is 0.462. The summed E-state index contributed by atoms with van der Waals surface area (Å²) < 4.78 is 6.40. The number of hydrogen-bond acceptors (Lipinski definition) is 2. The van der Waals surface area contributed by atoms with Gasteiger partial charge in [-0.2, -0.15) is 0 Å². The Morgan fingerprint density at radius 3 is 2.82 bits per heavy atom. The third-order valence-corrected chi connectivity index (χ3v) is 3.53. The summed E-state index contributed by atoms with van der Waals surface area (Å²) >= 11 is 2.24. The highest BCUT2D eigenvalue weighted by Gasteiger charge is 2.06. The zero-order valence-electron chi connectivity index (χ0n) is 9.91. The fourth-order valence-electron chi connectivity index (χ4n) is 1.56. The van der Waals surface area contributed by atoms with E-state index in [1.54, 1.807) is 12.1 Å². The lowest BCUT2D eigenvalue weighted by Crippen LogP contribution is -2.00. The van der Waals surface area contributed by atoms with Crippen molar-refractivity contribution in [1.29, 1.82) is 0 Å². The Morgan fingerprint density at radius 2 is 2.18 bits per heavy atom. The molecule has 0 aliphatic heterocycles. The smallest absolute Gasteiger partial charge is 0.335 e. The van der Waals surface area contributed by atoms with E-state index in [0.717, 1.165) is 41.6 Å². The first kappa shape index (κ1) is 14.4. The van der Waals surface area contributed by atoms with Gasteiger partial charge in [-0.1, -0.05) is 0 Å². The SMILES string of the molecule is CCOCCCCc1cc(C(=O)O)ccc1I. The molecule has 0 saturated heterocycles. The molecular formula is C13H17IO3. The largest absolute Gasteiger partial charge is 0.478 e. The van der Waals surface area contributed by atoms with Crippen molar-refractivity contribution in [3.05, 3.63) is 32.9 Å². The van der Waals surface area contributed by atoms with Gasteiger partial charge in [-0.25, -0.2) is 4.79 Å². The lowest BCUT2D eigenvalue weighted by molar-refractivity contribution is 0.0696. The van der Waals surface area contributed by atoms with Crippen LogP contribution < -0.4 is 0 Å². The number of rotatable bonds is 7. The van der Waals surface area contributed by atoms with E-state index in [4.69, 9.17) is 9.84 Å². The third-order valence-electron chi connectivity index (χ3n) is 2.48. The molecule has 0 radical (unpaired) electrons. The Labute approximate surface area is 115 Å². The Balaban J connectivity index is 2.51. The number of carboxylic acid groups (broad SMARTS) is 1. The number of ether oxygens (including phenoxy) is 1. The Hall–Kier alpha value is -0.620. The first-order chi connectivity index (χ1) is 8.15. The maximum atomic E-state index is 10.9. The lowest BCUT2D eigenvalue weighted by atomic mass is 10.1. The first-order valence-corrected chi connectivity index (χ1v) is 6.82. The minimum absolute atomic E-state index is 0.366. The summed E-state index contributed by atoms with van der Waals surface area (Å²) in [6, 6.07) is 5.28. The van der Waals surface area contributed by atoms with Crippen LogP contribution in [0, 0.1) is 3.57 Å². The molecule has 1 aromatic carbocycles. The highest BCUT2D eigenvalue weighted by molar-refractivity contribution is 14.1. The molecule has 0 heterocycles. The molecule has 94 valence electrons. The molecule has 0 aliphatic carbocycles. The minimum Gasteiger partial charge on any atom is -0.478 e. The maximum absolute atomic E-state index is 10.9. The molecule has 3 nitrogen and oxygen atoms in total. The van der Waals surface area contributed by atoms with E-state index in [0.29, 0.717) is 5.56 Å². The summed E-state index contributed by atoms with van der Waals surface area (Å²) in [6.07, 6.45) is 2.95. The molecule has 0 bridgehead atoms. The summed E-state index contributed by atoms with van der Waals surface area (Å²) in [7, 11) is 0. The van der Waals surface area contributed by atoms with Gasteiger partial charge in [0.25, 0.3) is 0 Å². The van der Waals surface area contributed by atoms with Crippen LogP contribution in [-0.4, -0.2) is 24.3 Å². The van der Waals surface area contributed by atoms with Crippen molar-refractivity contribution >= 4 is 28.6 Å². The van der Waals surface area contributed by atoms with E-state index in [-0.39, 0.29) is 0 Å². The molecule has 0 saturated carbocycles. The van der Waals surface area contributed by atoms with Crippen LogP contribution in [0.5, 0.6) is 0 Å². The van der Waals surface area contributed by atoms with Crippen LogP contribution in [0.4, 0.5) is 0 Å². The number of benzene rings is 1. The molecule has 0 atom stereocenters. The second kappa shape index (κ2) is 7.66. The predicted molar refractivity (Wildman–Crippen MR) is 75.5 cm³/mol. The summed E-state index contributed by atoms with van der Waals surface area (Å²) in [4.78, 5) is 10.9. The second-order valence-corrected chi connectivity index (χ2v) is 4.93. The quantitative estimate of drug-likeness (QED) is 0.607. The van der Waals surface area contributed by atoms with Crippen LogP contribution in [0.2, 0.25) is 0 Å². The van der Waals surface area contributed by atoms with Crippen molar-refractivity contribution in [2.75, 3.05) is 13.2 Å². The Morgan fingerprint density at radius 1 is 1.41 bits per heavy atom. The molecule has 0 spiro atoms. The van der Waals surface area contributed by atoms with Gasteiger partial charge in [0.1, 0.15) is 0 Å². The van der Waals surface area contributed by atoms with Crippen molar-refractivity contribution in [3.63, 3.8) is 0 Å². The third kappa shape index (κ3) is 5.04. The molecule has 0 aromatic heterocycles. The molecule has 1 N–H and O–H groups in total. The zero-order valence-corrected chi connectivity index (χ0v) is 12.1. The van der Waals surface area contributed by atoms with Gasteiger partial charge in [0.05, 0.1) is 5.56 Å². The van der Waals surface area contributed by atoms with Gasteiger partial charge in [0.15, 0.2) is 0 Å². The van der Waals surface area contributed by atoms with Gasteiger partial charge in [0, 0.05) is 16.8 Å². The Kier molecular flexibility index (Phi) is 6.50. The van der Waals surface area contributed by atoms with E-state index in [1.165, 1.54) is 0 Å². The van der Waals surface area contributed by atoms with Crippen LogP contribution in [-0.2, 0) is 11.2 Å². The summed E-state index contributed by atoms with van der Waals surface area (Å²) in [6.45, 7) is 3.52. The Bertz CT molecular complexity index is 377. The van der Waals surface area contributed by atoms with Crippen LogP contribution >= 0.6 is 22.6 Å². The van der Waals surface area contributed by atoms with E-state index < -0.39 is 5.97 Å². The molecule has 4 heteroatoms. The predicted octanol–water partition coefficient (Wildman–Crippen LogP) is 3.35. The van der Waals surface area contributed by atoms with Gasteiger partial charge >= 0.3 is 5.97 Å². The standard InChI is InChI=1S/C13H17IO3/c1-2-17-8-4-3-5-10-9-11(13(15)16)6-7-12(10)14/h6-7,9H,2-5,8H2,1H3,(H,15,16). The van der Waals surface area contributed by atoms with Gasteiger partial charge in [-0.3, -0.25) is 0 Å². The number of halogens is 1. The van der Waals surface area contributed by atoms with Crippen LogP contribution in [0.15, 0.2) is 18.2 Å². The molecule has 1 rings (SSSR count). The average molecular weight is 348 g/mol. The number of aryl methyl sites for hydroxylation is 1. The normalized spacial score (nSPS) is 10.5. The number of aromatic carboxylic acids is 1. The molecule has 0 unspecified atom stereocenters. The van der Waals surface area contributed by atoms with Crippen LogP contribution in [0.3, 0.4) is 0 Å². The van der Waals surface area contributed by atoms with Crippen LogP contribution in [0.25, 0.3) is 0 Å². The number of carboxylic acids is 1. The number of unbranched alkanes of at least 4 members (excludes halogenated alkanes) is 1. The van der Waals surface area contributed by atoms with E-state index in [9.17, 15) is 4.79 Å². The van der Waals surface area contributed by atoms with Crippen molar-refractivity contribution in [3.8, 4) is 0 Å². The lowest BCUT2D eigenvalue weighted by Gasteiger charge is -2.06. The van der Waals surface area contributed by atoms with Crippen molar-refractivity contribution in [2.24, 2.45) is 0 Å². The minimum atomic E-state index is -0.864. The molecule has 0 fully saturated rings. The maximum Gasteiger partial charge on any atom is 0.335 e. The summed E-state index contributed by atoms with van der Waals surface area (Å²) in [5.41, 5.74) is 1.48. The fourth-order valence-corrected chi connectivity index (χ4v) is 2.17. The monoisotopic (exact) mass is 348 g/mol. The van der Waals surface area contributed by atoms with Gasteiger partial charge in [-0.15, -0.1) is 0 Å². The average Bonchev–Trinajstić information content (AvgIpc) is 2.30. The topological polar surface area (TPSA) is 46.5 Å². The van der Waals surface area contributed by atoms with E-state index >= 15 is 0 Å². The van der Waals surface area contributed by atoms with Gasteiger partial charge in [-0.05, 0) is 72.5 Å². The molecule has 17 heavy (non-hydrogen) atoms. The van der Waals surface area contributed by atoms with Crippen molar-refractivity contribution in [1.82, 2.24) is 0 Å². The summed E-state index contributed by atoms with van der Waals surface area (Å²) in [5.74, 6) is -0.864. The highest BCUT2D eigenvalue weighted by Crippen LogP contribution is 2.17.